The Balaban J connectivity index is 2.26. The molecule has 2 N–H and O–H groups in total. The summed E-state index contributed by atoms with van der Waals surface area (Å²) in [5, 5.41) is 3.29. The fourth-order valence-corrected chi connectivity index (χ4v) is 1.84. The van der Waals surface area contributed by atoms with E-state index in [1.54, 1.807) is 30.7 Å². The molecular formula is C14H16ClN3O2. The molecule has 0 aliphatic heterocycles. The fraction of sp³-hybridized carbons (Fsp3) is 0.286. The van der Waals surface area contributed by atoms with Crippen LogP contribution in [-0.2, 0) is 4.74 Å². The second-order valence-corrected chi connectivity index (χ2v) is 5.72. The van der Waals surface area contributed by atoms with Gasteiger partial charge in [-0.05, 0) is 39.0 Å². The summed E-state index contributed by atoms with van der Waals surface area (Å²) in [4.78, 5) is 18.8. The summed E-state index contributed by atoms with van der Waals surface area (Å²) in [7, 11) is 0. The number of hydrogen-bond acceptors (Lipinski definition) is 3. The zero-order chi connectivity index (χ0) is 14.8. The Morgan fingerprint density at radius 2 is 2.15 bits per heavy atom. The van der Waals surface area contributed by atoms with Crippen molar-refractivity contribution in [2.24, 2.45) is 0 Å². The first-order chi connectivity index (χ1) is 9.35. The number of aromatic amines is 1. The molecule has 106 valence electrons. The molecule has 0 fully saturated rings. The van der Waals surface area contributed by atoms with Crippen LogP contribution in [0.3, 0.4) is 0 Å². The topological polar surface area (TPSA) is 67.0 Å². The minimum absolute atomic E-state index is 0.513. The van der Waals surface area contributed by atoms with Gasteiger partial charge in [0.25, 0.3) is 0 Å². The third kappa shape index (κ3) is 3.74. The van der Waals surface area contributed by atoms with E-state index in [9.17, 15) is 4.79 Å². The third-order valence-electron chi connectivity index (χ3n) is 2.41. The van der Waals surface area contributed by atoms with E-state index in [4.69, 9.17) is 16.3 Å². The summed E-state index contributed by atoms with van der Waals surface area (Å²) in [6.45, 7) is 5.43. The molecule has 2 rings (SSSR count). The van der Waals surface area contributed by atoms with Crippen LogP contribution < -0.4 is 5.32 Å². The Labute approximate surface area is 122 Å². The van der Waals surface area contributed by atoms with Gasteiger partial charge in [0.2, 0.25) is 0 Å². The summed E-state index contributed by atoms with van der Waals surface area (Å²) < 4.78 is 5.24. The highest BCUT2D eigenvalue weighted by molar-refractivity contribution is 6.31. The van der Waals surface area contributed by atoms with Gasteiger partial charge in [-0.3, -0.25) is 5.32 Å². The number of nitrogens with zero attached hydrogens (tertiary/aromatic N) is 1. The Kier molecular flexibility index (Phi) is 3.99. The zero-order valence-electron chi connectivity index (χ0n) is 11.5. The van der Waals surface area contributed by atoms with Crippen molar-refractivity contribution in [2.45, 2.75) is 26.4 Å². The second-order valence-electron chi connectivity index (χ2n) is 5.28. The van der Waals surface area contributed by atoms with E-state index in [1.165, 1.54) is 0 Å². The van der Waals surface area contributed by atoms with Gasteiger partial charge in [-0.15, -0.1) is 0 Å². The molecule has 0 aliphatic carbocycles. The first kappa shape index (κ1) is 14.4. The number of H-pyrrole nitrogens is 1. The van der Waals surface area contributed by atoms with E-state index in [2.05, 4.69) is 15.3 Å². The molecule has 20 heavy (non-hydrogen) atoms. The van der Waals surface area contributed by atoms with E-state index < -0.39 is 11.7 Å². The number of halogens is 1. The molecule has 1 amide bonds. The van der Waals surface area contributed by atoms with Gasteiger partial charge in [-0.1, -0.05) is 11.6 Å². The largest absolute Gasteiger partial charge is 0.444 e. The number of carbonyl (C=O) groups is 1. The van der Waals surface area contributed by atoms with Crippen molar-refractivity contribution >= 4 is 23.4 Å². The fourth-order valence-electron chi connectivity index (χ4n) is 1.67. The molecule has 1 aromatic carbocycles. The van der Waals surface area contributed by atoms with Crippen LogP contribution in [0.25, 0.3) is 11.3 Å². The summed E-state index contributed by atoms with van der Waals surface area (Å²) in [5.41, 5.74) is 1.57. The Bertz CT molecular complexity index is 603. The lowest BCUT2D eigenvalue weighted by Crippen LogP contribution is -2.27. The van der Waals surface area contributed by atoms with E-state index in [0.29, 0.717) is 10.7 Å². The molecule has 0 bridgehead atoms. The molecular weight excluding hydrogens is 278 g/mol. The number of hydrogen-bond donors (Lipinski definition) is 2. The number of amides is 1. The van der Waals surface area contributed by atoms with Crippen LogP contribution in [0.2, 0.25) is 5.02 Å². The minimum atomic E-state index is -0.551. The van der Waals surface area contributed by atoms with Crippen LogP contribution in [0.4, 0.5) is 10.5 Å². The third-order valence-corrected chi connectivity index (χ3v) is 2.64. The van der Waals surface area contributed by atoms with Crippen LogP contribution in [0.5, 0.6) is 0 Å². The molecule has 0 atom stereocenters. The standard InChI is InChI=1S/C14H16ClN3O2/c1-14(2,3)20-13(19)18-11-5-4-9(15)6-10(11)12-7-16-8-17-12/h4-8H,1-3H3,(H,16,17)(H,18,19). The molecule has 2 aromatic rings. The number of aromatic nitrogens is 2. The Morgan fingerprint density at radius 1 is 1.40 bits per heavy atom. The van der Waals surface area contributed by atoms with Gasteiger partial charge in [-0.2, -0.15) is 0 Å². The summed E-state index contributed by atoms with van der Waals surface area (Å²) in [6, 6.07) is 5.18. The van der Waals surface area contributed by atoms with Gasteiger partial charge in [0, 0.05) is 10.6 Å². The van der Waals surface area contributed by atoms with Crippen LogP contribution in [-0.4, -0.2) is 21.7 Å². The van der Waals surface area contributed by atoms with Gasteiger partial charge in [0.1, 0.15) is 5.60 Å². The predicted molar refractivity (Wildman–Crippen MR) is 78.9 cm³/mol. The maximum Gasteiger partial charge on any atom is 0.412 e. The molecule has 0 saturated heterocycles. The van der Waals surface area contributed by atoms with Crippen LogP contribution >= 0.6 is 11.6 Å². The van der Waals surface area contributed by atoms with Crippen LogP contribution in [0.1, 0.15) is 20.8 Å². The summed E-state index contributed by atoms with van der Waals surface area (Å²) >= 11 is 6.00. The van der Waals surface area contributed by atoms with Crippen molar-refractivity contribution in [3.05, 3.63) is 35.7 Å². The summed E-state index contributed by atoms with van der Waals surface area (Å²) in [6.07, 6.45) is 2.71. The number of rotatable bonds is 2. The van der Waals surface area contributed by atoms with Gasteiger partial charge < -0.3 is 9.72 Å². The van der Waals surface area contributed by atoms with E-state index in [-0.39, 0.29) is 0 Å². The first-order valence-electron chi connectivity index (χ1n) is 6.13. The van der Waals surface area contributed by atoms with Crippen LogP contribution in [0, 0.1) is 0 Å². The van der Waals surface area contributed by atoms with Gasteiger partial charge in [0.15, 0.2) is 0 Å². The average molecular weight is 294 g/mol. The maximum atomic E-state index is 11.8. The number of nitrogens with one attached hydrogen (secondary N) is 2. The van der Waals surface area contributed by atoms with E-state index in [1.807, 2.05) is 20.8 Å². The van der Waals surface area contributed by atoms with Crippen molar-refractivity contribution < 1.29 is 9.53 Å². The highest BCUT2D eigenvalue weighted by Crippen LogP contribution is 2.29. The summed E-state index contributed by atoms with van der Waals surface area (Å²) in [5.74, 6) is 0. The molecule has 6 heteroatoms. The van der Waals surface area contributed by atoms with Gasteiger partial charge >= 0.3 is 6.09 Å². The van der Waals surface area contributed by atoms with E-state index in [0.717, 1.165) is 11.3 Å². The molecule has 0 radical (unpaired) electrons. The number of carbonyl (C=O) groups excluding carboxylic acids is 1. The predicted octanol–water partition coefficient (Wildman–Crippen LogP) is 4.08. The Morgan fingerprint density at radius 3 is 2.75 bits per heavy atom. The molecule has 0 saturated carbocycles. The zero-order valence-corrected chi connectivity index (χ0v) is 12.3. The monoisotopic (exact) mass is 293 g/mol. The lowest BCUT2D eigenvalue weighted by molar-refractivity contribution is 0.0636. The SMILES string of the molecule is CC(C)(C)OC(=O)Nc1ccc(Cl)cc1-c1cnc[nH]1. The van der Waals surface area contributed by atoms with Crippen molar-refractivity contribution in [3.8, 4) is 11.3 Å². The maximum absolute atomic E-state index is 11.8. The highest BCUT2D eigenvalue weighted by Gasteiger charge is 2.17. The number of benzene rings is 1. The van der Waals surface area contributed by atoms with Crippen molar-refractivity contribution in [3.63, 3.8) is 0 Å². The van der Waals surface area contributed by atoms with Crippen molar-refractivity contribution in [1.29, 1.82) is 0 Å². The molecule has 1 heterocycles. The minimum Gasteiger partial charge on any atom is -0.444 e. The smallest absolute Gasteiger partial charge is 0.412 e. The molecule has 0 aliphatic rings. The van der Waals surface area contributed by atoms with Gasteiger partial charge in [-0.25, -0.2) is 9.78 Å². The van der Waals surface area contributed by atoms with Crippen molar-refractivity contribution in [1.82, 2.24) is 9.97 Å². The molecule has 5 nitrogen and oxygen atoms in total. The number of ether oxygens (including phenoxy) is 1. The van der Waals surface area contributed by atoms with E-state index >= 15 is 0 Å². The quantitative estimate of drug-likeness (QED) is 0.877. The average Bonchev–Trinajstić information content (AvgIpc) is 2.82. The van der Waals surface area contributed by atoms with Crippen molar-refractivity contribution in [2.75, 3.05) is 5.32 Å². The lowest BCUT2D eigenvalue weighted by Gasteiger charge is -2.20. The Hall–Kier alpha value is -2.01. The normalized spacial score (nSPS) is 11.2. The first-order valence-corrected chi connectivity index (χ1v) is 6.51. The molecule has 1 aromatic heterocycles. The second kappa shape index (κ2) is 5.54. The number of imidazole rings is 1. The van der Waals surface area contributed by atoms with Gasteiger partial charge in [0.05, 0.1) is 23.9 Å². The van der Waals surface area contributed by atoms with Crippen LogP contribution in [0.15, 0.2) is 30.7 Å². The highest BCUT2D eigenvalue weighted by atomic mass is 35.5. The molecule has 0 spiro atoms. The molecule has 0 unspecified atom stereocenters. The number of anilines is 1. The lowest BCUT2D eigenvalue weighted by atomic mass is 10.1.